The van der Waals surface area contributed by atoms with Crippen LogP contribution in [0, 0.1) is 6.92 Å². The van der Waals surface area contributed by atoms with Crippen molar-refractivity contribution in [3.8, 4) is 0 Å². The predicted octanol–water partition coefficient (Wildman–Crippen LogP) is 1.67. The van der Waals surface area contributed by atoms with E-state index >= 15 is 0 Å². The zero-order valence-electron chi connectivity index (χ0n) is 14.1. The third kappa shape index (κ3) is 4.65. The van der Waals surface area contributed by atoms with Crippen LogP contribution in [0.3, 0.4) is 0 Å². The van der Waals surface area contributed by atoms with Gasteiger partial charge in [0.1, 0.15) is 12.2 Å². The molecule has 0 bridgehead atoms. The van der Waals surface area contributed by atoms with E-state index < -0.39 is 0 Å². The lowest BCUT2D eigenvalue weighted by Crippen LogP contribution is -2.47. The fourth-order valence-corrected chi connectivity index (χ4v) is 2.71. The molecule has 3 rings (SSSR count). The number of halogens is 1. The van der Waals surface area contributed by atoms with Crippen LogP contribution in [0.4, 0.5) is 0 Å². The van der Waals surface area contributed by atoms with Crippen LogP contribution in [0.1, 0.15) is 30.4 Å². The molecule has 0 saturated carbocycles. The average molecular weight is 441 g/mol. The summed E-state index contributed by atoms with van der Waals surface area (Å²) < 4.78 is 1.97. The van der Waals surface area contributed by atoms with Crippen LogP contribution in [0.15, 0.2) is 29.6 Å². The number of hydrogen-bond donors (Lipinski definition) is 2. The van der Waals surface area contributed by atoms with Crippen LogP contribution in [-0.4, -0.2) is 38.3 Å². The molecular formula is C16H24IN7. The SMILES string of the molecule is CCNC(=NCc1ncccc1C)NC1CCc2ncnn2C1.I. The lowest BCUT2D eigenvalue weighted by Gasteiger charge is -2.25. The van der Waals surface area contributed by atoms with Gasteiger partial charge in [-0.2, -0.15) is 5.10 Å². The molecule has 2 aromatic heterocycles. The number of nitrogens with zero attached hydrogens (tertiary/aromatic N) is 5. The quantitative estimate of drug-likeness (QED) is 0.429. The summed E-state index contributed by atoms with van der Waals surface area (Å²) >= 11 is 0. The van der Waals surface area contributed by atoms with Gasteiger partial charge in [-0.1, -0.05) is 6.07 Å². The highest BCUT2D eigenvalue weighted by atomic mass is 127. The molecule has 24 heavy (non-hydrogen) atoms. The average Bonchev–Trinajstić information content (AvgIpc) is 3.02. The first-order valence-corrected chi connectivity index (χ1v) is 8.08. The summed E-state index contributed by atoms with van der Waals surface area (Å²) in [6, 6.07) is 4.32. The molecule has 0 saturated heterocycles. The van der Waals surface area contributed by atoms with Crippen molar-refractivity contribution in [2.45, 2.75) is 45.8 Å². The minimum atomic E-state index is 0. The van der Waals surface area contributed by atoms with Gasteiger partial charge in [0, 0.05) is 25.2 Å². The summed E-state index contributed by atoms with van der Waals surface area (Å²) in [6.07, 6.45) is 5.41. The monoisotopic (exact) mass is 441 g/mol. The molecule has 0 radical (unpaired) electrons. The molecule has 1 aliphatic heterocycles. The van der Waals surface area contributed by atoms with Crippen LogP contribution >= 0.6 is 24.0 Å². The summed E-state index contributed by atoms with van der Waals surface area (Å²) in [6.45, 7) is 6.35. The summed E-state index contributed by atoms with van der Waals surface area (Å²) in [5, 5.41) is 11.1. The first-order valence-electron chi connectivity index (χ1n) is 8.08. The van der Waals surface area contributed by atoms with E-state index in [9.17, 15) is 0 Å². The molecule has 2 N–H and O–H groups in total. The number of aliphatic imine (C=N–C) groups is 1. The van der Waals surface area contributed by atoms with E-state index in [0.29, 0.717) is 12.6 Å². The van der Waals surface area contributed by atoms with Crippen molar-refractivity contribution in [3.63, 3.8) is 0 Å². The Labute approximate surface area is 159 Å². The van der Waals surface area contributed by atoms with Gasteiger partial charge in [0.15, 0.2) is 5.96 Å². The van der Waals surface area contributed by atoms with E-state index in [1.54, 1.807) is 6.33 Å². The zero-order chi connectivity index (χ0) is 16.1. The molecule has 1 unspecified atom stereocenters. The molecule has 2 aromatic rings. The van der Waals surface area contributed by atoms with Crippen LogP contribution in [-0.2, 0) is 19.5 Å². The van der Waals surface area contributed by atoms with E-state index in [1.807, 2.05) is 16.9 Å². The number of rotatable bonds is 4. The third-order valence-corrected chi connectivity index (χ3v) is 4.00. The van der Waals surface area contributed by atoms with Crippen molar-refractivity contribution in [2.75, 3.05) is 6.54 Å². The lowest BCUT2D eigenvalue weighted by atomic mass is 10.1. The van der Waals surface area contributed by atoms with Gasteiger partial charge in [0.05, 0.1) is 18.8 Å². The molecule has 0 fully saturated rings. The fraction of sp³-hybridized carbons (Fsp3) is 0.500. The maximum Gasteiger partial charge on any atom is 0.191 e. The maximum atomic E-state index is 4.67. The number of aryl methyl sites for hydroxylation is 2. The number of nitrogens with one attached hydrogen (secondary N) is 2. The standard InChI is InChI=1S/C16H23N7.HI/c1-3-17-16(19-9-14-12(2)5-4-8-18-14)22-13-6-7-15-20-11-21-23(15)10-13;/h4-5,8,11,13H,3,6-7,9-10H2,1-2H3,(H2,17,19,22);1H. The molecule has 1 atom stereocenters. The van der Waals surface area contributed by atoms with Gasteiger partial charge in [-0.15, -0.1) is 24.0 Å². The van der Waals surface area contributed by atoms with Crippen LogP contribution < -0.4 is 10.6 Å². The van der Waals surface area contributed by atoms with E-state index in [4.69, 9.17) is 0 Å². The second-order valence-electron chi connectivity index (χ2n) is 5.70. The number of pyridine rings is 1. The summed E-state index contributed by atoms with van der Waals surface area (Å²) in [4.78, 5) is 13.3. The first-order chi connectivity index (χ1) is 11.3. The Hall–Kier alpha value is -1.71. The summed E-state index contributed by atoms with van der Waals surface area (Å²) in [5.41, 5.74) is 2.17. The zero-order valence-corrected chi connectivity index (χ0v) is 16.4. The molecule has 7 nitrogen and oxygen atoms in total. The molecule has 130 valence electrons. The van der Waals surface area contributed by atoms with Crippen molar-refractivity contribution in [2.24, 2.45) is 4.99 Å². The van der Waals surface area contributed by atoms with Gasteiger partial charge in [-0.05, 0) is 31.9 Å². The Bertz CT molecular complexity index is 683. The normalized spacial score (nSPS) is 16.9. The maximum absolute atomic E-state index is 4.67. The van der Waals surface area contributed by atoms with Gasteiger partial charge < -0.3 is 10.6 Å². The molecule has 0 aliphatic carbocycles. The topological polar surface area (TPSA) is 80.0 Å². The van der Waals surface area contributed by atoms with E-state index in [1.165, 1.54) is 0 Å². The molecule has 3 heterocycles. The second-order valence-corrected chi connectivity index (χ2v) is 5.70. The largest absolute Gasteiger partial charge is 0.357 e. The fourth-order valence-electron chi connectivity index (χ4n) is 2.71. The molecule has 0 amide bonds. The smallest absolute Gasteiger partial charge is 0.191 e. The van der Waals surface area contributed by atoms with Crippen LogP contribution in [0.2, 0.25) is 0 Å². The minimum Gasteiger partial charge on any atom is -0.357 e. The first kappa shape index (κ1) is 18.6. The number of fused-ring (bicyclic) bond motifs is 1. The van der Waals surface area contributed by atoms with Crippen molar-refractivity contribution in [1.29, 1.82) is 0 Å². The van der Waals surface area contributed by atoms with Crippen molar-refractivity contribution >= 4 is 29.9 Å². The Morgan fingerprint density at radius 1 is 1.42 bits per heavy atom. The molecule has 0 aromatic carbocycles. The van der Waals surface area contributed by atoms with Crippen LogP contribution in [0.5, 0.6) is 0 Å². The number of aromatic nitrogens is 4. The van der Waals surface area contributed by atoms with E-state index in [-0.39, 0.29) is 24.0 Å². The second kappa shape index (κ2) is 8.95. The van der Waals surface area contributed by atoms with E-state index in [2.05, 4.69) is 50.6 Å². The van der Waals surface area contributed by atoms with E-state index in [0.717, 1.165) is 49.0 Å². The minimum absolute atomic E-state index is 0. The molecular weight excluding hydrogens is 417 g/mol. The Morgan fingerprint density at radius 3 is 3.08 bits per heavy atom. The highest BCUT2D eigenvalue weighted by Gasteiger charge is 2.20. The highest BCUT2D eigenvalue weighted by Crippen LogP contribution is 2.11. The van der Waals surface area contributed by atoms with Gasteiger partial charge in [-0.3, -0.25) is 4.98 Å². The Balaban J connectivity index is 0.00000208. The van der Waals surface area contributed by atoms with Crippen molar-refractivity contribution < 1.29 is 0 Å². The molecule has 8 heteroatoms. The predicted molar refractivity (Wildman–Crippen MR) is 104 cm³/mol. The number of guanidine groups is 1. The Morgan fingerprint density at radius 2 is 2.29 bits per heavy atom. The lowest BCUT2D eigenvalue weighted by molar-refractivity contribution is 0.392. The van der Waals surface area contributed by atoms with Gasteiger partial charge >= 0.3 is 0 Å². The van der Waals surface area contributed by atoms with Gasteiger partial charge in [-0.25, -0.2) is 14.7 Å². The molecule has 1 aliphatic rings. The van der Waals surface area contributed by atoms with Gasteiger partial charge in [0.2, 0.25) is 0 Å². The summed E-state index contributed by atoms with van der Waals surface area (Å²) in [5.74, 6) is 1.89. The van der Waals surface area contributed by atoms with Crippen molar-refractivity contribution in [1.82, 2.24) is 30.4 Å². The van der Waals surface area contributed by atoms with Crippen molar-refractivity contribution in [3.05, 3.63) is 41.7 Å². The number of hydrogen-bond acceptors (Lipinski definition) is 4. The molecule has 0 spiro atoms. The summed E-state index contributed by atoms with van der Waals surface area (Å²) in [7, 11) is 0. The highest BCUT2D eigenvalue weighted by molar-refractivity contribution is 14.0. The van der Waals surface area contributed by atoms with Crippen LogP contribution in [0.25, 0.3) is 0 Å². The Kier molecular flexibility index (Phi) is 6.95. The third-order valence-electron chi connectivity index (χ3n) is 4.00. The van der Waals surface area contributed by atoms with Gasteiger partial charge in [0.25, 0.3) is 0 Å².